The van der Waals surface area contributed by atoms with Crippen LogP contribution in [0.25, 0.3) is 0 Å². The number of rotatable bonds is 8. The van der Waals surface area contributed by atoms with Gasteiger partial charge in [0.15, 0.2) is 9.84 Å². The van der Waals surface area contributed by atoms with Crippen LogP contribution in [0.5, 0.6) is 0 Å². The number of carboxylic acid groups (broad SMARTS) is 1. The third-order valence-corrected chi connectivity index (χ3v) is 7.01. The third-order valence-electron chi connectivity index (χ3n) is 5.32. The normalized spacial score (nSPS) is 14.9. The van der Waals surface area contributed by atoms with E-state index in [0.717, 1.165) is 18.4 Å². The van der Waals surface area contributed by atoms with Gasteiger partial charge in [-0.1, -0.05) is 17.3 Å². The number of carbonyl (C=O) groups is 1. The van der Waals surface area contributed by atoms with Crippen LogP contribution in [0, 0.1) is 17.5 Å². The average Bonchev–Trinajstić information content (AvgIpc) is 3.24. The summed E-state index contributed by atoms with van der Waals surface area (Å²) in [6.45, 7) is 1.94. The Kier molecular flexibility index (Phi) is 8.35. The van der Waals surface area contributed by atoms with Crippen LogP contribution < -0.4 is 5.32 Å². The molecule has 1 saturated heterocycles. The highest BCUT2D eigenvalue weighted by molar-refractivity contribution is 7.90. The van der Waals surface area contributed by atoms with E-state index in [0.29, 0.717) is 12.1 Å². The second-order valence-electron chi connectivity index (χ2n) is 8.41. The lowest BCUT2D eigenvalue weighted by atomic mass is 9.97. The maximum absolute atomic E-state index is 14.6. The number of sulfone groups is 1. The number of anilines is 1. The third kappa shape index (κ3) is 6.61. The predicted molar refractivity (Wildman–Crippen MR) is 121 cm³/mol. The van der Waals surface area contributed by atoms with E-state index in [9.17, 15) is 26.0 Å². The average molecular weight is 530 g/mol. The van der Waals surface area contributed by atoms with Crippen molar-refractivity contribution >= 4 is 22.0 Å². The highest BCUT2D eigenvalue weighted by atomic mass is 32.2. The molecule has 2 heterocycles. The molecule has 2 aromatic carbocycles. The standard InChI is InChI=1S/C22H21F4N3O3S.CH2O2/c1-22(26)12-29(13-22)10-14-3-2-4-18(23)17(14)9-27-16-7-19(24)21(20(25)8-16)33(30,31)11-15-5-6-32-28-15;2-1-3/h2-8,27H,9-13H2,1H3;1H,(H,2,3). The van der Waals surface area contributed by atoms with Crippen LogP contribution in [0.2, 0.25) is 0 Å². The molecule has 13 heteroatoms. The van der Waals surface area contributed by atoms with Gasteiger partial charge in [0.2, 0.25) is 0 Å². The molecule has 2 N–H and O–H groups in total. The van der Waals surface area contributed by atoms with Crippen molar-refractivity contribution in [1.82, 2.24) is 10.1 Å². The summed E-state index contributed by atoms with van der Waals surface area (Å²) in [5, 5.41) is 13.1. The number of nitrogens with one attached hydrogen (secondary N) is 1. The lowest BCUT2D eigenvalue weighted by Crippen LogP contribution is -2.56. The molecule has 1 aliphatic heterocycles. The van der Waals surface area contributed by atoms with Crippen molar-refractivity contribution in [1.29, 1.82) is 0 Å². The summed E-state index contributed by atoms with van der Waals surface area (Å²) in [4.78, 5) is 9.11. The molecule has 0 spiro atoms. The minimum absolute atomic E-state index is 0.0124. The highest BCUT2D eigenvalue weighted by Gasteiger charge is 2.38. The smallest absolute Gasteiger partial charge is 0.290 e. The van der Waals surface area contributed by atoms with E-state index in [2.05, 4.69) is 15.0 Å². The van der Waals surface area contributed by atoms with Gasteiger partial charge in [-0.3, -0.25) is 9.69 Å². The van der Waals surface area contributed by atoms with Crippen molar-refractivity contribution in [2.75, 3.05) is 18.4 Å². The number of nitrogens with zero attached hydrogens (tertiary/aromatic N) is 2. The van der Waals surface area contributed by atoms with Gasteiger partial charge in [0.25, 0.3) is 6.47 Å². The lowest BCUT2D eigenvalue weighted by Gasteiger charge is -2.42. The quantitative estimate of drug-likeness (QED) is 0.334. The summed E-state index contributed by atoms with van der Waals surface area (Å²) >= 11 is 0. The second kappa shape index (κ2) is 11.1. The van der Waals surface area contributed by atoms with Gasteiger partial charge >= 0.3 is 0 Å². The van der Waals surface area contributed by atoms with Crippen LogP contribution in [0.3, 0.4) is 0 Å². The van der Waals surface area contributed by atoms with E-state index < -0.39 is 43.6 Å². The van der Waals surface area contributed by atoms with Crippen molar-refractivity contribution in [2.45, 2.75) is 36.3 Å². The van der Waals surface area contributed by atoms with Gasteiger partial charge in [-0.05, 0) is 30.7 Å². The maximum atomic E-state index is 14.6. The first kappa shape index (κ1) is 27.1. The summed E-state index contributed by atoms with van der Waals surface area (Å²) < 4.78 is 86.8. The summed E-state index contributed by atoms with van der Waals surface area (Å²) in [6, 6.07) is 7.46. The monoisotopic (exact) mass is 529 g/mol. The van der Waals surface area contributed by atoms with Crippen LogP contribution in [-0.2, 0) is 33.5 Å². The second-order valence-corrected chi connectivity index (χ2v) is 10.3. The fourth-order valence-corrected chi connectivity index (χ4v) is 5.31. The Labute approximate surface area is 204 Å². The van der Waals surface area contributed by atoms with E-state index in [1.165, 1.54) is 25.1 Å². The Morgan fingerprint density at radius 2 is 1.81 bits per heavy atom. The SMILES string of the molecule is CC1(F)CN(Cc2cccc(F)c2CNc2cc(F)c(S(=O)(=O)Cc3ccon3)c(F)c2)C1.O=CO. The Morgan fingerprint density at radius 3 is 2.36 bits per heavy atom. The topological polar surface area (TPSA) is 113 Å². The molecule has 0 atom stereocenters. The molecule has 0 unspecified atom stereocenters. The van der Waals surface area contributed by atoms with Gasteiger partial charge in [0.1, 0.15) is 40.0 Å². The Morgan fingerprint density at radius 1 is 1.17 bits per heavy atom. The molecule has 0 bridgehead atoms. The predicted octanol–water partition coefficient (Wildman–Crippen LogP) is 3.92. The van der Waals surface area contributed by atoms with E-state index in [-0.39, 0.29) is 43.1 Å². The number of hydrogen-bond donors (Lipinski definition) is 2. The summed E-state index contributed by atoms with van der Waals surface area (Å²) in [7, 11) is -4.36. The minimum atomic E-state index is -4.36. The van der Waals surface area contributed by atoms with Gasteiger partial charge in [-0.15, -0.1) is 0 Å². The van der Waals surface area contributed by atoms with Crippen molar-refractivity contribution in [2.24, 2.45) is 0 Å². The van der Waals surface area contributed by atoms with Crippen molar-refractivity contribution in [3.8, 4) is 0 Å². The molecule has 0 saturated carbocycles. The van der Waals surface area contributed by atoms with E-state index in [1.54, 1.807) is 6.07 Å². The number of likely N-dealkylation sites (tertiary alicyclic amines) is 1. The molecule has 36 heavy (non-hydrogen) atoms. The van der Waals surface area contributed by atoms with Gasteiger partial charge < -0.3 is 14.9 Å². The zero-order chi connectivity index (χ0) is 26.5. The van der Waals surface area contributed by atoms with Crippen LogP contribution in [0.15, 0.2) is 52.1 Å². The largest absolute Gasteiger partial charge is 0.483 e. The number of hydrogen-bond acceptors (Lipinski definition) is 7. The highest BCUT2D eigenvalue weighted by Crippen LogP contribution is 2.29. The molecule has 1 fully saturated rings. The first-order chi connectivity index (χ1) is 17.0. The molecule has 8 nitrogen and oxygen atoms in total. The Bertz CT molecular complexity index is 1290. The van der Waals surface area contributed by atoms with Gasteiger partial charge in [-0.25, -0.2) is 26.0 Å². The lowest BCUT2D eigenvalue weighted by molar-refractivity contribution is -0.122. The molecule has 0 aliphatic carbocycles. The van der Waals surface area contributed by atoms with E-state index in [1.807, 2.05) is 4.90 Å². The molecule has 0 amide bonds. The van der Waals surface area contributed by atoms with Crippen molar-refractivity contribution in [3.05, 3.63) is 76.9 Å². The van der Waals surface area contributed by atoms with Crippen LogP contribution in [0.1, 0.15) is 23.7 Å². The van der Waals surface area contributed by atoms with E-state index >= 15 is 0 Å². The van der Waals surface area contributed by atoms with Gasteiger partial charge in [-0.2, -0.15) is 0 Å². The van der Waals surface area contributed by atoms with Crippen LogP contribution in [0.4, 0.5) is 23.2 Å². The summed E-state index contributed by atoms with van der Waals surface area (Å²) in [5.41, 5.74) is -0.422. The van der Waals surface area contributed by atoms with Crippen LogP contribution >= 0.6 is 0 Å². The first-order valence-corrected chi connectivity index (χ1v) is 12.2. The maximum Gasteiger partial charge on any atom is 0.290 e. The fraction of sp³-hybridized carbons (Fsp3) is 0.304. The Balaban J connectivity index is 0.00000115. The number of alkyl halides is 1. The summed E-state index contributed by atoms with van der Waals surface area (Å²) in [6.07, 6.45) is 1.15. The number of halogens is 4. The fourth-order valence-electron chi connectivity index (χ4n) is 3.92. The summed E-state index contributed by atoms with van der Waals surface area (Å²) in [5.74, 6) is -3.80. The first-order valence-electron chi connectivity index (χ1n) is 10.6. The zero-order valence-electron chi connectivity index (χ0n) is 19.0. The van der Waals surface area contributed by atoms with Crippen LogP contribution in [-0.4, -0.2) is 48.8 Å². The molecular formula is C23H23F4N3O5S. The number of benzene rings is 2. The van der Waals surface area contributed by atoms with Gasteiger partial charge in [0.05, 0.1) is 5.69 Å². The zero-order valence-corrected chi connectivity index (χ0v) is 19.9. The molecule has 1 aliphatic rings. The van der Waals surface area contributed by atoms with Crippen molar-refractivity contribution in [3.63, 3.8) is 0 Å². The Hall–Kier alpha value is -3.45. The molecule has 4 rings (SSSR count). The van der Waals surface area contributed by atoms with Gasteiger partial charge in [0, 0.05) is 43.5 Å². The number of aromatic nitrogens is 1. The molecular weight excluding hydrogens is 506 g/mol. The minimum Gasteiger partial charge on any atom is -0.483 e. The molecule has 1 aromatic heterocycles. The molecule has 194 valence electrons. The van der Waals surface area contributed by atoms with Crippen molar-refractivity contribution < 1.29 is 40.4 Å². The molecule has 0 radical (unpaired) electrons. The molecule has 3 aromatic rings. The van der Waals surface area contributed by atoms with E-state index in [4.69, 9.17) is 9.90 Å².